The minimum atomic E-state index is 0.708. The quantitative estimate of drug-likeness (QED) is 0.672. The van der Waals surface area contributed by atoms with Crippen LogP contribution in [0.1, 0.15) is 44.1 Å². The smallest absolute Gasteiger partial charge is 0.0349 e. The van der Waals surface area contributed by atoms with Gasteiger partial charge in [0.15, 0.2) is 0 Å². The van der Waals surface area contributed by atoms with E-state index in [4.69, 9.17) is 5.73 Å². The van der Waals surface area contributed by atoms with Gasteiger partial charge in [-0.25, -0.2) is 0 Å². The standard InChI is InChI=1S/C13H19N/c1-10-5-4-6-11(9-10)12-7-2-3-8-13(12)14/h2-3,7-8,10-11H,4-6,9,14H2,1H3/t10-,11-/m0/s1. The molecule has 1 fully saturated rings. The molecule has 14 heavy (non-hydrogen) atoms. The highest BCUT2D eigenvalue weighted by Crippen LogP contribution is 2.37. The summed E-state index contributed by atoms with van der Waals surface area (Å²) in [6.45, 7) is 2.35. The molecule has 1 nitrogen and oxygen atoms in total. The van der Waals surface area contributed by atoms with Crippen molar-refractivity contribution < 1.29 is 0 Å². The molecule has 2 rings (SSSR count). The highest BCUT2D eigenvalue weighted by atomic mass is 14.6. The third kappa shape index (κ3) is 1.92. The van der Waals surface area contributed by atoms with Crippen molar-refractivity contribution in [2.24, 2.45) is 5.92 Å². The van der Waals surface area contributed by atoms with Crippen molar-refractivity contribution in [1.29, 1.82) is 0 Å². The number of benzene rings is 1. The summed E-state index contributed by atoms with van der Waals surface area (Å²) in [7, 11) is 0. The maximum Gasteiger partial charge on any atom is 0.0349 e. The molecular weight excluding hydrogens is 170 g/mol. The first kappa shape index (κ1) is 9.57. The molecule has 0 aromatic heterocycles. The number of hydrogen-bond acceptors (Lipinski definition) is 1. The average molecular weight is 189 g/mol. The van der Waals surface area contributed by atoms with Crippen LogP contribution in [-0.2, 0) is 0 Å². The monoisotopic (exact) mass is 189 g/mol. The van der Waals surface area contributed by atoms with Crippen LogP contribution in [0.2, 0.25) is 0 Å². The molecule has 1 aliphatic carbocycles. The van der Waals surface area contributed by atoms with Gasteiger partial charge < -0.3 is 5.73 Å². The first-order valence-corrected chi connectivity index (χ1v) is 5.62. The van der Waals surface area contributed by atoms with Crippen LogP contribution in [0, 0.1) is 5.92 Å². The van der Waals surface area contributed by atoms with E-state index in [0.29, 0.717) is 5.92 Å². The van der Waals surface area contributed by atoms with Crippen LogP contribution in [0.25, 0.3) is 0 Å². The first-order valence-electron chi connectivity index (χ1n) is 5.62. The van der Waals surface area contributed by atoms with E-state index in [1.807, 2.05) is 12.1 Å². The summed E-state index contributed by atoms with van der Waals surface area (Å²) in [6.07, 6.45) is 5.39. The number of anilines is 1. The Hall–Kier alpha value is -0.980. The van der Waals surface area contributed by atoms with Crippen LogP contribution in [0.4, 0.5) is 5.69 Å². The molecule has 0 heterocycles. The Bertz CT molecular complexity index is 306. The molecule has 1 aromatic rings. The Kier molecular flexibility index (Phi) is 2.76. The average Bonchev–Trinajstić information content (AvgIpc) is 2.18. The van der Waals surface area contributed by atoms with Gasteiger partial charge in [-0.3, -0.25) is 0 Å². The second kappa shape index (κ2) is 4.04. The molecule has 1 heteroatoms. The van der Waals surface area contributed by atoms with E-state index in [-0.39, 0.29) is 0 Å². The van der Waals surface area contributed by atoms with Crippen molar-refractivity contribution in [3.05, 3.63) is 29.8 Å². The zero-order chi connectivity index (χ0) is 9.97. The van der Waals surface area contributed by atoms with Gasteiger partial charge in [-0.1, -0.05) is 38.0 Å². The molecule has 0 bridgehead atoms. The van der Waals surface area contributed by atoms with E-state index in [9.17, 15) is 0 Å². The van der Waals surface area contributed by atoms with Crippen molar-refractivity contribution in [2.45, 2.75) is 38.5 Å². The first-order chi connectivity index (χ1) is 6.77. The zero-order valence-electron chi connectivity index (χ0n) is 8.87. The van der Waals surface area contributed by atoms with E-state index in [1.54, 1.807) is 0 Å². The highest BCUT2D eigenvalue weighted by molar-refractivity contribution is 5.48. The molecule has 0 saturated heterocycles. The summed E-state index contributed by atoms with van der Waals surface area (Å²) in [5.74, 6) is 1.58. The molecule has 2 atom stereocenters. The normalized spacial score (nSPS) is 27.5. The van der Waals surface area contributed by atoms with Crippen molar-refractivity contribution in [3.63, 3.8) is 0 Å². The van der Waals surface area contributed by atoms with E-state index < -0.39 is 0 Å². The fourth-order valence-electron chi connectivity index (χ4n) is 2.60. The van der Waals surface area contributed by atoms with Gasteiger partial charge in [0.25, 0.3) is 0 Å². The van der Waals surface area contributed by atoms with Gasteiger partial charge in [0, 0.05) is 5.69 Å². The second-order valence-corrected chi connectivity index (χ2v) is 4.60. The minimum Gasteiger partial charge on any atom is -0.398 e. The largest absolute Gasteiger partial charge is 0.398 e. The van der Waals surface area contributed by atoms with Crippen molar-refractivity contribution in [1.82, 2.24) is 0 Å². The van der Waals surface area contributed by atoms with Gasteiger partial charge in [-0.05, 0) is 36.3 Å². The van der Waals surface area contributed by atoms with Crippen molar-refractivity contribution >= 4 is 5.69 Å². The Labute approximate surface area is 86.3 Å². The molecule has 0 spiro atoms. The third-order valence-electron chi connectivity index (χ3n) is 3.37. The van der Waals surface area contributed by atoms with Crippen LogP contribution in [-0.4, -0.2) is 0 Å². The summed E-state index contributed by atoms with van der Waals surface area (Å²) in [6, 6.07) is 8.34. The summed E-state index contributed by atoms with van der Waals surface area (Å²) >= 11 is 0. The van der Waals surface area contributed by atoms with Crippen molar-refractivity contribution in [3.8, 4) is 0 Å². The fraction of sp³-hybridized carbons (Fsp3) is 0.538. The molecule has 2 N–H and O–H groups in total. The Morgan fingerprint density at radius 2 is 2.00 bits per heavy atom. The lowest BCUT2D eigenvalue weighted by molar-refractivity contribution is 0.344. The Morgan fingerprint density at radius 3 is 2.71 bits per heavy atom. The minimum absolute atomic E-state index is 0.708. The van der Waals surface area contributed by atoms with Gasteiger partial charge in [-0.2, -0.15) is 0 Å². The summed E-state index contributed by atoms with van der Waals surface area (Å²) in [5.41, 5.74) is 8.35. The van der Waals surface area contributed by atoms with Crippen molar-refractivity contribution in [2.75, 3.05) is 5.73 Å². The summed E-state index contributed by atoms with van der Waals surface area (Å²) < 4.78 is 0. The number of nitrogens with two attached hydrogens (primary N) is 1. The number of para-hydroxylation sites is 1. The maximum absolute atomic E-state index is 6.00. The Morgan fingerprint density at radius 1 is 1.21 bits per heavy atom. The molecule has 0 unspecified atom stereocenters. The lowest BCUT2D eigenvalue weighted by Gasteiger charge is -2.27. The molecule has 0 amide bonds. The van der Waals surface area contributed by atoms with E-state index in [1.165, 1.54) is 31.2 Å². The highest BCUT2D eigenvalue weighted by Gasteiger charge is 2.21. The molecule has 0 radical (unpaired) electrons. The topological polar surface area (TPSA) is 26.0 Å². The Balaban J connectivity index is 2.18. The molecule has 1 aliphatic rings. The SMILES string of the molecule is C[C@H]1CCC[C@H](c2ccccc2N)C1. The third-order valence-corrected chi connectivity index (χ3v) is 3.37. The van der Waals surface area contributed by atoms with Gasteiger partial charge in [0.2, 0.25) is 0 Å². The second-order valence-electron chi connectivity index (χ2n) is 4.60. The molecule has 76 valence electrons. The number of nitrogen functional groups attached to an aromatic ring is 1. The van der Waals surface area contributed by atoms with Crippen LogP contribution >= 0.6 is 0 Å². The molecule has 0 aliphatic heterocycles. The van der Waals surface area contributed by atoms with Gasteiger partial charge in [0.1, 0.15) is 0 Å². The lowest BCUT2D eigenvalue weighted by Crippen LogP contribution is -2.12. The van der Waals surface area contributed by atoms with Crippen LogP contribution in [0.3, 0.4) is 0 Å². The summed E-state index contributed by atoms with van der Waals surface area (Å²) in [4.78, 5) is 0. The van der Waals surface area contributed by atoms with E-state index in [0.717, 1.165) is 11.6 Å². The summed E-state index contributed by atoms with van der Waals surface area (Å²) in [5, 5.41) is 0. The van der Waals surface area contributed by atoms with Crippen LogP contribution < -0.4 is 5.73 Å². The molecular formula is C13H19N. The number of hydrogen-bond donors (Lipinski definition) is 1. The van der Waals surface area contributed by atoms with Gasteiger partial charge >= 0.3 is 0 Å². The predicted molar refractivity (Wildman–Crippen MR) is 61.2 cm³/mol. The van der Waals surface area contributed by atoms with Gasteiger partial charge in [-0.15, -0.1) is 0 Å². The zero-order valence-corrected chi connectivity index (χ0v) is 8.87. The van der Waals surface area contributed by atoms with E-state index >= 15 is 0 Å². The lowest BCUT2D eigenvalue weighted by atomic mass is 9.78. The molecule has 1 saturated carbocycles. The van der Waals surface area contributed by atoms with Crippen LogP contribution in [0.5, 0.6) is 0 Å². The number of rotatable bonds is 1. The fourth-order valence-corrected chi connectivity index (χ4v) is 2.60. The molecule has 1 aromatic carbocycles. The van der Waals surface area contributed by atoms with Crippen LogP contribution in [0.15, 0.2) is 24.3 Å². The van der Waals surface area contributed by atoms with Gasteiger partial charge in [0.05, 0.1) is 0 Å². The predicted octanol–water partition coefficient (Wildman–Crippen LogP) is 3.56. The van der Waals surface area contributed by atoms with E-state index in [2.05, 4.69) is 19.1 Å². The maximum atomic E-state index is 6.00.